The van der Waals surface area contributed by atoms with Crippen molar-refractivity contribution in [2.24, 2.45) is 5.92 Å². The molecule has 0 aromatic rings. The highest BCUT2D eigenvalue weighted by atomic mass is 16.5. The second-order valence-electron chi connectivity index (χ2n) is 3.53. The lowest BCUT2D eigenvalue weighted by atomic mass is 9.89. The van der Waals surface area contributed by atoms with Crippen LogP contribution >= 0.6 is 0 Å². The number of methoxy groups -OCH3 is 1. The SMILES string of the molecule is C=CC.CC.COC1CCC(C)CC1. The maximum absolute atomic E-state index is 5.24. The molecule has 0 saturated heterocycles. The maximum atomic E-state index is 5.24. The molecule has 0 bridgehead atoms. The number of ether oxygens (including phenoxy) is 1. The van der Waals surface area contributed by atoms with Gasteiger partial charge in [0.15, 0.2) is 0 Å². The van der Waals surface area contributed by atoms with Crippen molar-refractivity contribution in [2.45, 2.75) is 59.5 Å². The van der Waals surface area contributed by atoms with Crippen molar-refractivity contribution >= 4 is 0 Å². The molecular weight excluding hydrogens is 172 g/mol. The van der Waals surface area contributed by atoms with Gasteiger partial charge < -0.3 is 4.74 Å². The zero-order valence-electron chi connectivity index (χ0n) is 10.7. The van der Waals surface area contributed by atoms with Crippen LogP contribution in [-0.4, -0.2) is 13.2 Å². The predicted octanol–water partition coefficient (Wildman–Crippen LogP) is 4.43. The van der Waals surface area contributed by atoms with Crippen LogP contribution in [0.15, 0.2) is 12.7 Å². The lowest BCUT2D eigenvalue weighted by Crippen LogP contribution is -2.18. The van der Waals surface area contributed by atoms with E-state index in [0.29, 0.717) is 6.10 Å². The van der Waals surface area contributed by atoms with Gasteiger partial charge in [-0.1, -0.05) is 26.8 Å². The summed E-state index contributed by atoms with van der Waals surface area (Å²) in [5.41, 5.74) is 0. The van der Waals surface area contributed by atoms with Crippen LogP contribution in [0.4, 0.5) is 0 Å². The minimum atomic E-state index is 0.571. The second kappa shape index (κ2) is 12.7. The summed E-state index contributed by atoms with van der Waals surface area (Å²) in [7, 11) is 1.82. The molecule has 1 nitrogen and oxygen atoms in total. The van der Waals surface area contributed by atoms with Gasteiger partial charge in [0.25, 0.3) is 0 Å². The third-order valence-corrected chi connectivity index (χ3v) is 2.30. The van der Waals surface area contributed by atoms with E-state index in [1.165, 1.54) is 25.7 Å². The monoisotopic (exact) mass is 200 g/mol. The Bertz CT molecular complexity index is 102. The van der Waals surface area contributed by atoms with Crippen LogP contribution in [0.25, 0.3) is 0 Å². The first-order valence-corrected chi connectivity index (χ1v) is 5.84. The molecule has 0 unspecified atom stereocenters. The van der Waals surface area contributed by atoms with Gasteiger partial charge in [0, 0.05) is 7.11 Å². The van der Waals surface area contributed by atoms with Crippen LogP contribution in [0.5, 0.6) is 0 Å². The van der Waals surface area contributed by atoms with Crippen molar-refractivity contribution in [3.05, 3.63) is 12.7 Å². The van der Waals surface area contributed by atoms with E-state index >= 15 is 0 Å². The average molecular weight is 200 g/mol. The molecule has 1 aliphatic rings. The minimum absolute atomic E-state index is 0.571. The Morgan fingerprint density at radius 1 is 1.14 bits per heavy atom. The fraction of sp³-hybridized carbons (Fsp3) is 0.846. The maximum Gasteiger partial charge on any atom is 0.0571 e. The van der Waals surface area contributed by atoms with Gasteiger partial charge >= 0.3 is 0 Å². The van der Waals surface area contributed by atoms with E-state index in [1.54, 1.807) is 6.08 Å². The van der Waals surface area contributed by atoms with Gasteiger partial charge in [-0.05, 0) is 38.5 Å². The summed E-state index contributed by atoms with van der Waals surface area (Å²) in [6, 6.07) is 0. The molecule has 1 heteroatoms. The first-order chi connectivity index (χ1) is 6.74. The Hall–Kier alpha value is -0.300. The van der Waals surface area contributed by atoms with Crippen LogP contribution in [0, 0.1) is 5.92 Å². The molecule has 0 aliphatic heterocycles. The van der Waals surface area contributed by atoms with Crippen molar-refractivity contribution in [2.75, 3.05) is 7.11 Å². The fourth-order valence-electron chi connectivity index (χ4n) is 1.47. The molecule has 1 fully saturated rings. The van der Waals surface area contributed by atoms with Crippen molar-refractivity contribution < 1.29 is 4.74 Å². The number of allylic oxidation sites excluding steroid dienone is 1. The first kappa shape index (κ1) is 16.1. The van der Waals surface area contributed by atoms with Crippen LogP contribution in [0.2, 0.25) is 0 Å². The van der Waals surface area contributed by atoms with E-state index < -0.39 is 0 Å². The molecular formula is C13H28O. The molecule has 0 heterocycles. The first-order valence-electron chi connectivity index (χ1n) is 5.84. The third-order valence-electron chi connectivity index (χ3n) is 2.30. The van der Waals surface area contributed by atoms with E-state index in [9.17, 15) is 0 Å². The summed E-state index contributed by atoms with van der Waals surface area (Å²) in [5, 5.41) is 0. The lowest BCUT2D eigenvalue weighted by molar-refractivity contribution is 0.0593. The van der Waals surface area contributed by atoms with Crippen molar-refractivity contribution in [3.63, 3.8) is 0 Å². The van der Waals surface area contributed by atoms with Gasteiger partial charge in [-0.2, -0.15) is 0 Å². The van der Waals surface area contributed by atoms with Crippen LogP contribution in [-0.2, 0) is 4.74 Å². The Balaban J connectivity index is 0. The molecule has 0 atom stereocenters. The quantitative estimate of drug-likeness (QED) is 0.569. The molecule has 1 aliphatic carbocycles. The summed E-state index contributed by atoms with van der Waals surface area (Å²) < 4.78 is 5.24. The summed E-state index contributed by atoms with van der Waals surface area (Å²) >= 11 is 0. The summed E-state index contributed by atoms with van der Waals surface area (Å²) in [6.45, 7) is 11.6. The van der Waals surface area contributed by atoms with Crippen molar-refractivity contribution in [1.82, 2.24) is 0 Å². The van der Waals surface area contributed by atoms with E-state index in [2.05, 4.69) is 13.5 Å². The largest absolute Gasteiger partial charge is 0.381 e. The summed E-state index contributed by atoms with van der Waals surface area (Å²) in [4.78, 5) is 0. The topological polar surface area (TPSA) is 9.23 Å². The van der Waals surface area contributed by atoms with Gasteiger partial charge in [-0.15, -0.1) is 6.58 Å². The van der Waals surface area contributed by atoms with Crippen molar-refractivity contribution in [3.8, 4) is 0 Å². The normalized spacial score (nSPS) is 24.9. The van der Waals surface area contributed by atoms with Gasteiger partial charge in [0.1, 0.15) is 0 Å². The van der Waals surface area contributed by atoms with Gasteiger partial charge in [0.05, 0.1) is 6.10 Å². The summed E-state index contributed by atoms with van der Waals surface area (Å²) in [6.07, 6.45) is 7.59. The molecule has 14 heavy (non-hydrogen) atoms. The van der Waals surface area contributed by atoms with Crippen LogP contribution in [0.3, 0.4) is 0 Å². The standard InChI is InChI=1S/C8H16O.C3H6.C2H6/c1-7-3-5-8(9-2)6-4-7;1-3-2;1-2/h7-8H,3-6H2,1-2H3;3H,1H2,2H3;1-2H3. The van der Waals surface area contributed by atoms with Gasteiger partial charge in [-0.25, -0.2) is 0 Å². The number of hydrogen-bond acceptors (Lipinski definition) is 1. The molecule has 0 spiro atoms. The number of hydrogen-bond donors (Lipinski definition) is 0. The summed E-state index contributed by atoms with van der Waals surface area (Å²) in [5.74, 6) is 0.941. The molecule has 0 aromatic heterocycles. The highest BCUT2D eigenvalue weighted by Crippen LogP contribution is 2.24. The Morgan fingerprint density at radius 3 is 1.79 bits per heavy atom. The van der Waals surface area contributed by atoms with Crippen LogP contribution in [0.1, 0.15) is 53.4 Å². The molecule has 1 saturated carbocycles. The average Bonchev–Trinajstić information content (AvgIpc) is 2.23. The van der Waals surface area contributed by atoms with E-state index in [4.69, 9.17) is 4.74 Å². The molecule has 86 valence electrons. The predicted molar refractivity (Wildman–Crippen MR) is 65.6 cm³/mol. The van der Waals surface area contributed by atoms with E-state index in [0.717, 1.165) is 5.92 Å². The zero-order valence-corrected chi connectivity index (χ0v) is 10.7. The Kier molecular flexibility index (Phi) is 14.6. The Labute approximate surface area is 90.5 Å². The molecule has 0 aromatic carbocycles. The van der Waals surface area contributed by atoms with Gasteiger partial charge in [-0.3, -0.25) is 0 Å². The minimum Gasteiger partial charge on any atom is -0.381 e. The van der Waals surface area contributed by atoms with E-state index in [-0.39, 0.29) is 0 Å². The second-order valence-corrected chi connectivity index (χ2v) is 3.53. The smallest absolute Gasteiger partial charge is 0.0571 e. The molecule has 1 rings (SSSR count). The lowest BCUT2D eigenvalue weighted by Gasteiger charge is -2.24. The number of rotatable bonds is 1. The van der Waals surface area contributed by atoms with Crippen LogP contribution < -0.4 is 0 Å². The van der Waals surface area contributed by atoms with Crippen molar-refractivity contribution in [1.29, 1.82) is 0 Å². The third kappa shape index (κ3) is 9.79. The fourth-order valence-corrected chi connectivity index (χ4v) is 1.47. The van der Waals surface area contributed by atoms with Gasteiger partial charge in [0.2, 0.25) is 0 Å². The Morgan fingerprint density at radius 2 is 1.50 bits per heavy atom. The molecule has 0 radical (unpaired) electrons. The highest BCUT2D eigenvalue weighted by molar-refractivity contribution is 4.68. The highest BCUT2D eigenvalue weighted by Gasteiger charge is 2.16. The molecule has 0 N–H and O–H groups in total. The van der Waals surface area contributed by atoms with E-state index in [1.807, 2.05) is 27.9 Å². The molecule has 0 amide bonds. The zero-order chi connectivity index (χ0) is 11.4.